The van der Waals surface area contributed by atoms with Crippen molar-refractivity contribution in [1.29, 1.82) is 0 Å². The average Bonchev–Trinajstić information content (AvgIpc) is 3.39. The van der Waals surface area contributed by atoms with E-state index in [1.807, 2.05) is 18.9 Å². The summed E-state index contributed by atoms with van der Waals surface area (Å²) in [5.74, 6) is -0.126. The number of amides is 1. The van der Waals surface area contributed by atoms with Crippen LogP contribution in [0.1, 0.15) is 36.2 Å². The highest BCUT2D eigenvalue weighted by Gasteiger charge is 2.29. The lowest BCUT2D eigenvalue weighted by Gasteiger charge is -2.38. The summed E-state index contributed by atoms with van der Waals surface area (Å²) in [4.78, 5) is 47.8. The van der Waals surface area contributed by atoms with Crippen molar-refractivity contribution in [2.75, 3.05) is 26.7 Å². The summed E-state index contributed by atoms with van der Waals surface area (Å²) in [5, 5.41) is 0.291. The Labute approximate surface area is 144 Å². The monoisotopic (exact) mass is 343 g/mol. The molecule has 0 bridgehead atoms. The van der Waals surface area contributed by atoms with Gasteiger partial charge in [0.05, 0.1) is 10.9 Å². The van der Waals surface area contributed by atoms with Crippen LogP contribution in [0.15, 0.2) is 21.9 Å². The third kappa shape index (κ3) is 2.76. The first-order valence-electron chi connectivity index (χ1n) is 8.60. The number of carbonyl (C=O) groups excluding carboxylic acids is 1. The molecule has 25 heavy (non-hydrogen) atoms. The predicted octanol–water partition coefficient (Wildman–Crippen LogP) is 0.196. The number of pyridine rings is 1. The Morgan fingerprint density at radius 3 is 2.72 bits per heavy atom. The molecule has 3 heterocycles. The maximum absolute atomic E-state index is 12.9. The molecule has 4 rings (SSSR count). The van der Waals surface area contributed by atoms with E-state index in [1.165, 1.54) is 10.8 Å². The van der Waals surface area contributed by atoms with E-state index in [4.69, 9.17) is 0 Å². The summed E-state index contributed by atoms with van der Waals surface area (Å²) in [5.41, 5.74) is -0.181. The van der Waals surface area contributed by atoms with Crippen molar-refractivity contribution in [1.82, 2.24) is 24.3 Å². The normalized spacial score (nSPS) is 21.7. The molecule has 0 aromatic carbocycles. The molecule has 0 unspecified atom stereocenters. The van der Waals surface area contributed by atoms with Gasteiger partial charge in [0.15, 0.2) is 0 Å². The van der Waals surface area contributed by atoms with Gasteiger partial charge in [-0.3, -0.25) is 19.1 Å². The molecule has 1 aliphatic carbocycles. The van der Waals surface area contributed by atoms with Crippen LogP contribution in [-0.2, 0) is 0 Å². The van der Waals surface area contributed by atoms with E-state index in [1.54, 1.807) is 6.07 Å². The molecule has 1 atom stereocenters. The molecule has 8 nitrogen and oxygen atoms in total. The number of H-pyrrole nitrogens is 1. The fourth-order valence-electron chi connectivity index (χ4n) is 3.53. The van der Waals surface area contributed by atoms with Gasteiger partial charge in [-0.25, -0.2) is 9.78 Å². The van der Waals surface area contributed by atoms with E-state index in [9.17, 15) is 14.4 Å². The number of carbonyl (C=O) groups is 1. The molecule has 0 spiro atoms. The number of aromatic amines is 1. The average molecular weight is 343 g/mol. The van der Waals surface area contributed by atoms with E-state index in [0.29, 0.717) is 23.1 Å². The largest absolute Gasteiger partial charge is 0.333 e. The Morgan fingerprint density at radius 1 is 1.28 bits per heavy atom. The van der Waals surface area contributed by atoms with E-state index in [-0.39, 0.29) is 18.0 Å². The Hall–Kier alpha value is -2.48. The zero-order chi connectivity index (χ0) is 17.7. The highest BCUT2D eigenvalue weighted by molar-refractivity contribution is 5.97. The number of hydrogen-bond donors (Lipinski definition) is 1. The van der Waals surface area contributed by atoms with Gasteiger partial charge in [-0.05, 0) is 32.9 Å². The van der Waals surface area contributed by atoms with Crippen LogP contribution in [0.3, 0.4) is 0 Å². The maximum atomic E-state index is 12.9. The first-order valence-corrected chi connectivity index (χ1v) is 8.60. The minimum atomic E-state index is -0.495. The van der Waals surface area contributed by atoms with Gasteiger partial charge in [0.2, 0.25) is 0 Å². The van der Waals surface area contributed by atoms with Crippen molar-refractivity contribution in [2.24, 2.45) is 0 Å². The summed E-state index contributed by atoms with van der Waals surface area (Å²) >= 11 is 0. The molecular formula is C17H21N5O3. The lowest BCUT2D eigenvalue weighted by molar-refractivity contribution is 0.0533. The molecule has 0 radical (unpaired) electrons. The Bertz CT molecular complexity index is 959. The molecule has 1 N–H and O–H groups in total. The lowest BCUT2D eigenvalue weighted by Crippen LogP contribution is -2.52. The SMILES string of the molecule is C[C@@H]1CN(C)CCN1C(=O)c1cnc2c(c1)c(=O)[nH]c(=O)n2C1CC1. The minimum absolute atomic E-state index is 0.0959. The van der Waals surface area contributed by atoms with Crippen LogP contribution >= 0.6 is 0 Å². The van der Waals surface area contributed by atoms with Crippen molar-refractivity contribution in [3.05, 3.63) is 38.7 Å². The van der Waals surface area contributed by atoms with Crippen LogP contribution in [0.5, 0.6) is 0 Å². The molecule has 2 fully saturated rings. The lowest BCUT2D eigenvalue weighted by atomic mass is 10.1. The minimum Gasteiger partial charge on any atom is -0.333 e. The van der Waals surface area contributed by atoms with Crippen LogP contribution in [0.4, 0.5) is 0 Å². The van der Waals surface area contributed by atoms with E-state index in [2.05, 4.69) is 14.9 Å². The molecule has 2 aromatic rings. The topological polar surface area (TPSA) is 91.3 Å². The second kappa shape index (κ2) is 5.80. The van der Waals surface area contributed by atoms with Gasteiger partial charge in [0.1, 0.15) is 5.65 Å². The molecular weight excluding hydrogens is 322 g/mol. The van der Waals surface area contributed by atoms with Gasteiger partial charge in [0.25, 0.3) is 11.5 Å². The fraction of sp³-hybridized carbons (Fsp3) is 0.529. The third-order valence-corrected chi connectivity index (χ3v) is 5.03. The molecule has 1 amide bonds. The van der Waals surface area contributed by atoms with Gasteiger partial charge in [0, 0.05) is 37.9 Å². The van der Waals surface area contributed by atoms with Gasteiger partial charge < -0.3 is 9.80 Å². The first-order chi connectivity index (χ1) is 12.0. The molecule has 132 valence electrons. The Morgan fingerprint density at radius 2 is 2.04 bits per heavy atom. The number of likely N-dealkylation sites (N-methyl/N-ethyl adjacent to an activating group) is 1. The number of aromatic nitrogens is 3. The van der Waals surface area contributed by atoms with Gasteiger partial charge in [-0.15, -0.1) is 0 Å². The van der Waals surface area contributed by atoms with Crippen LogP contribution in [0, 0.1) is 0 Å². The molecule has 2 aromatic heterocycles. The highest BCUT2D eigenvalue weighted by Crippen LogP contribution is 2.34. The summed E-state index contributed by atoms with van der Waals surface area (Å²) in [6, 6.07) is 1.76. The van der Waals surface area contributed by atoms with Crippen molar-refractivity contribution < 1.29 is 4.79 Å². The van der Waals surface area contributed by atoms with Gasteiger partial charge >= 0.3 is 5.69 Å². The van der Waals surface area contributed by atoms with Crippen LogP contribution in [0.2, 0.25) is 0 Å². The number of nitrogens with zero attached hydrogens (tertiary/aromatic N) is 4. The summed E-state index contributed by atoms with van der Waals surface area (Å²) < 4.78 is 1.53. The van der Waals surface area contributed by atoms with E-state index < -0.39 is 11.2 Å². The number of rotatable bonds is 2. The number of nitrogens with one attached hydrogen (secondary N) is 1. The van der Waals surface area contributed by atoms with Crippen LogP contribution in [-0.4, -0.2) is 63.0 Å². The zero-order valence-electron chi connectivity index (χ0n) is 14.4. The van der Waals surface area contributed by atoms with Crippen molar-refractivity contribution in [3.8, 4) is 0 Å². The summed E-state index contributed by atoms with van der Waals surface area (Å²) in [6.07, 6.45) is 3.29. The Balaban J connectivity index is 1.75. The van der Waals surface area contributed by atoms with E-state index in [0.717, 1.165) is 25.9 Å². The first kappa shape index (κ1) is 16.0. The van der Waals surface area contributed by atoms with Crippen LogP contribution in [0.25, 0.3) is 11.0 Å². The number of hydrogen-bond acceptors (Lipinski definition) is 5. The smallest absolute Gasteiger partial charge is 0.330 e. The van der Waals surface area contributed by atoms with Crippen molar-refractivity contribution >= 4 is 16.9 Å². The second-order valence-electron chi connectivity index (χ2n) is 7.07. The van der Waals surface area contributed by atoms with E-state index >= 15 is 0 Å². The second-order valence-corrected chi connectivity index (χ2v) is 7.07. The quantitative estimate of drug-likeness (QED) is 0.841. The Kier molecular flexibility index (Phi) is 3.72. The van der Waals surface area contributed by atoms with Crippen LogP contribution < -0.4 is 11.2 Å². The molecule has 2 aliphatic rings. The zero-order valence-corrected chi connectivity index (χ0v) is 14.4. The molecule has 8 heteroatoms. The third-order valence-electron chi connectivity index (χ3n) is 5.03. The summed E-state index contributed by atoms with van der Waals surface area (Å²) in [7, 11) is 2.03. The number of fused-ring (bicyclic) bond motifs is 1. The summed E-state index contributed by atoms with van der Waals surface area (Å²) in [6.45, 7) is 4.29. The van der Waals surface area contributed by atoms with Crippen molar-refractivity contribution in [3.63, 3.8) is 0 Å². The standard InChI is InChI=1S/C17H21N5O3/c1-10-9-20(2)5-6-21(10)16(24)11-7-13-14(18-8-11)22(12-3-4-12)17(25)19-15(13)23/h7-8,10,12H,3-6,9H2,1-2H3,(H,19,23,25)/t10-/m1/s1. The maximum Gasteiger partial charge on any atom is 0.330 e. The highest BCUT2D eigenvalue weighted by atomic mass is 16.2. The number of piperazine rings is 1. The fourth-order valence-corrected chi connectivity index (χ4v) is 3.53. The van der Waals surface area contributed by atoms with Crippen molar-refractivity contribution in [2.45, 2.75) is 31.8 Å². The van der Waals surface area contributed by atoms with Gasteiger partial charge in [-0.2, -0.15) is 0 Å². The molecule has 1 aliphatic heterocycles. The predicted molar refractivity (Wildman–Crippen MR) is 92.9 cm³/mol. The molecule has 1 saturated heterocycles. The molecule has 1 saturated carbocycles. The van der Waals surface area contributed by atoms with Gasteiger partial charge in [-0.1, -0.05) is 0 Å².